The highest BCUT2D eigenvalue weighted by Gasteiger charge is 2.15. The van der Waals surface area contributed by atoms with E-state index in [9.17, 15) is 14.6 Å². The van der Waals surface area contributed by atoms with E-state index in [1.807, 2.05) is 0 Å². The number of hydrogen-bond acceptors (Lipinski definition) is 2. The van der Waals surface area contributed by atoms with Crippen molar-refractivity contribution < 1.29 is 14.6 Å². The Hall–Kier alpha value is -0.640. The quantitative estimate of drug-likeness (QED) is 0.835. The van der Waals surface area contributed by atoms with Gasteiger partial charge in [-0.1, -0.05) is 24.6 Å². The van der Waals surface area contributed by atoms with Crippen LogP contribution in [0, 0.1) is 5.82 Å². The lowest BCUT2D eigenvalue weighted by Crippen LogP contribution is -2.27. The molecule has 2 nitrogen and oxygen atoms in total. The maximum atomic E-state index is 13.0. The van der Waals surface area contributed by atoms with Crippen LogP contribution in [0.2, 0.25) is 5.02 Å². The summed E-state index contributed by atoms with van der Waals surface area (Å²) in [7, 11) is 0. The van der Waals surface area contributed by atoms with E-state index in [0.29, 0.717) is 12.0 Å². The van der Waals surface area contributed by atoms with E-state index in [4.69, 9.17) is 11.6 Å². The molecule has 2 atom stereocenters. The molecule has 0 amide bonds. The van der Waals surface area contributed by atoms with Crippen LogP contribution in [0.15, 0.2) is 18.2 Å². The first-order chi connectivity index (χ1) is 7.04. The molecule has 4 heteroatoms. The SMILES string of the molecule is CCC(O)C(O)Cc1ccc(Cl)c(F)c1. The number of aliphatic hydroxyl groups is 2. The molecule has 2 N–H and O–H groups in total. The van der Waals surface area contributed by atoms with Gasteiger partial charge in [-0.25, -0.2) is 4.39 Å². The van der Waals surface area contributed by atoms with Crippen LogP contribution in [-0.4, -0.2) is 22.4 Å². The van der Waals surface area contributed by atoms with E-state index in [0.717, 1.165) is 0 Å². The Bertz CT molecular complexity index is 330. The Balaban J connectivity index is 2.68. The van der Waals surface area contributed by atoms with E-state index in [1.54, 1.807) is 13.0 Å². The van der Waals surface area contributed by atoms with Crippen molar-refractivity contribution in [1.29, 1.82) is 0 Å². The molecule has 0 aliphatic carbocycles. The molecule has 0 radical (unpaired) electrons. The van der Waals surface area contributed by atoms with Crippen LogP contribution in [0.1, 0.15) is 18.9 Å². The van der Waals surface area contributed by atoms with Crippen molar-refractivity contribution in [2.45, 2.75) is 32.0 Å². The molecule has 1 aromatic carbocycles. The lowest BCUT2D eigenvalue weighted by atomic mass is 10.0. The van der Waals surface area contributed by atoms with Gasteiger partial charge in [0.1, 0.15) is 5.82 Å². The third kappa shape index (κ3) is 3.45. The zero-order valence-corrected chi connectivity index (χ0v) is 9.21. The minimum atomic E-state index is -0.865. The third-order valence-corrected chi connectivity index (χ3v) is 2.60. The van der Waals surface area contributed by atoms with Crippen LogP contribution in [0.3, 0.4) is 0 Å². The first-order valence-electron chi connectivity index (χ1n) is 4.84. The van der Waals surface area contributed by atoms with E-state index in [2.05, 4.69) is 0 Å². The summed E-state index contributed by atoms with van der Waals surface area (Å²) >= 11 is 5.52. The van der Waals surface area contributed by atoms with Gasteiger partial charge in [-0.15, -0.1) is 0 Å². The Morgan fingerprint density at radius 2 is 2.00 bits per heavy atom. The maximum absolute atomic E-state index is 13.0. The summed E-state index contributed by atoms with van der Waals surface area (Å²) in [5.41, 5.74) is 0.622. The summed E-state index contributed by atoms with van der Waals surface area (Å²) in [6.45, 7) is 1.77. The molecule has 0 saturated carbocycles. The zero-order chi connectivity index (χ0) is 11.4. The van der Waals surface area contributed by atoms with Crippen LogP contribution >= 0.6 is 11.6 Å². The molecular formula is C11H14ClFO2. The van der Waals surface area contributed by atoms with Crippen LogP contribution in [0.4, 0.5) is 4.39 Å². The fourth-order valence-corrected chi connectivity index (χ4v) is 1.43. The molecule has 1 aromatic rings. The smallest absolute Gasteiger partial charge is 0.142 e. The molecule has 84 valence electrons. The van der Waals surface area contributed by atoms with Gasteiger partial charge in [0, 0.05) is 6.42 Å². The van der Waals surface area contributed by atoms with Crippen LogP contribution in [0.5, 0.6) is 0 Å². The first kappa shape index (κ1) is 12.4. The van der Waals surface area contributed by atoms with Crippen molar-refractivity contribution >= 4 is 11.6 Å². The summed E-state index contributed by atoms with van der Waals surface area (Å²) in [5.74, 6) is -0.507. The monoisotopic (exact) mass is 232 g/mol. The molecule has 1 rings (SSSR count). The van der Waals surface area contributed by atoms with Gasteiger partial charge in [0.2, 0.25) is 0 Å². The van der Waals surface area contributed by atoms with E-state index in [-0.39, 0.29) is 11.4 Å². The number of halogens is 2. The van der Waals surface area contributed by atoms with Crippen molar-refractivity contribution in [3.63, 3.8) is 0 Å². The summed E-state index contributed by atoms with van der Waals surface area (Å²) in [6.07, 6.45) is -0.945. The van der Waals surface area contributed by atoms with Gasteiger partial charge in [0.25, 0.3) is 0 Å². The van der Waals surface area contributed by atoms with Crippen LogP contribution < -0.4 is 0 Å². The summed E-state index contributed by atoms with van der Waals surface area (Å²) in [4.78, 5) is 0. The topological polar surface area (TPSA) is 40.5 Å². The largest absolute Gasteiger partial charge is 0.390 e. The molecule has 0 spiro atoms. The van der Waals surface area contributed by atoms with Crippen LogP contribution in [-0.2, 0) is 6.42 Å². The molecule has 15 heavy (non-hydrogen) atoms. The van der Waals surface area contributed by atoms with Gasteiger partial charge in [0.15, 0.2) is 0 Å². The molecule has 0 aliphatic rings. The van der Waals surface area contributed by atoms with Crippen molar-refractivity contribution in [3.05, 3.63) is 34.6 Å². The van der Waals surface area contributed by atoms with Crippen molar-refractivity contribution in [3.8, 4) is 0 Å². The minimum absolute atomic E-state index is 0.0595. The number of hydrogen-bond donors (Lipinski definition) is 2. The first-order valence-corrected chi connectivity index (χ1v) is 5.22. The molecule has 0 bridgehead atoms. The number of aliphatic hydroxyl groups excluding tert-OH is 2. The van der Waals surface area contributed by atoms with Gasteiger partial charge < -0.3 is 10.2 Å². The second kappa shape index (κ2) is 5.45. The minimum Gasteiger partial charge on any atom is -0.390 e. The summed E-state index contributed by atoms with van der Waals surface area (Å²) in [6, 6.07) is 4.35. The molecule has 0 aromatic heterocycles. The predicted octanol–water partition coefficient (Wildman–Crippen LogP) is 2.15. The van der Waals surface area contributed by atoms with Gasteiger partial charge in [-0.3, -0.25) is 0 Å². The molecule has 2 unspecified atom stereocenters. The van der Waals surface area contributed by atoms with E-state index < -0.39 is 18.0 Å². The normalized spacial score (nSPS) is 15.0. The second-order valence-corrected chi connectivity index (χ2v) is 3.90. The summed E-state index contributed by atoms with van der Waals surface area (Å²) in [5, 5.41) is 18.9. The summed E-state index contributed by atoms with van der Waals surface area (Å²) < 4.78 is 13.0. The van der Waals surface area contributed by atoms with Gasteiger partial charge in [-0.05, 0) is 24.1 Å². The number of rotatable bonds is 4. The molecular weight excluding hydrogens is 219 g/mol. The lowest BCUT2D eigenvalue weighted by molar-refractivity contribution is 0.0181. The van der Waals surface area contributed by atoms with Crippen molar-refractivity contribution in [2.75, 3.05) is 0 Å². The highest BCUT2D eigenvalue weighted by atomic mass is 35.5. The Labute approximate surface area is 93.3 Å². The highest BCUT2D eigenvalue weighted by molar-refractivity contribution is 6.30. The van der Waals surface area contributed by atoms with Crippen molar-refractivity contribution in [1.82, 2.24) is 0 Å². The zero-order valence-electron chi connectivity index (χ0n) is 8.45. The average Bonchev–Trinajstić information content (AvgIpc) is 2.22. The lowest BCUT2D eigenvalue weighted by Gasteiger charge is -2.16. The fraction of sp³-hybridized carbons (Fsp3) is 0.455. The second-order valence-electron chi connectivity index (χ2n) is 3.50. The molecule has 0 fully saturated rings. The maximum Gasteiger partial charge on any atom is 0.142 e. The number of benzene rings is 1. The Kier molecular flexibility index (Phi) is 4.51. The Morgan fingerprint density at radius 1 is 1.33 bits per heavy atom. The highest BCUT2D eigenvalue weighted by Crippen LogP contribution is 2.17. The molecule has 0 aliphatic heterocycles. The van der Waals surface area contributed by atoms with E-state index >= 15 is 0 Å². The predicted molar refractivity (Wildman–Crippen MR) is 57.4 cm³/mol. The fourth-order valence-electron chi connectivity index (χ4n) is 1.32. The third-order valence-electron chi connectivity index (χ3n) is 2.29. The average molecular weight is 233 g/mol. The van der Waals surface area contributed by atoms with Crippen LogP contribution in [0.25, 0.3) is 0 Å². The van der Waals surface area contributed by atoms with Gasteiger partial charge >= 0.3 is 0 Å². The van der Waals surface area contributed by atoms with Gasteiger partial charge in [-0.2, -0.15) is 0 Å². The molecule has 0 saturated heterocycles. The van der Waals surface area contributed by atoms with E-state index in [1.165, 1.54) is 12.1 Å². The van der Waals surface area contributed by atoms with Gasteiger partial charge in [0.05, 0.1) is 17.2 Å². The standard InChI is InChI=1S/C11H14ClFO2/c1-2-10(14)11(15)6-7-3-4-8(12)9(13)5-7/h3-5,10-11,14-15H,2,6H2,1H3. The molecule has 0 heterocycles. The Morgan fingerprint density at radius 3 is 2.53 bits per heavy atom. The van der Waals surface area contributed by atoms with Crippen molar-refractivity contribution in [2.24, 2.45) is 0 Å².